The fraction of sp³-hybridized carbons (Fsp3) is 0.412. The van der Waals surface area contributed by atoms with E-state index in [1.165, 1.54) is 11.5 Å². The number of rotatable bonds is 3. The van der Waals surface area contributed by atoms with Crippen molar-refractivity contribution in [2.75, 3.05) is 0 Å². The number of hydrogen-bond donors (Lipinski definition) is 2. The zero-order chi connectivity index (χ0) is 16.4. The minimum absolute atomic E-state index is 0.0478. The number of nitrogens with two attached hydrogens (primary N) is 1. The Hall–Kier alpha value is -1.43. The van der Waals surface area contributed by atoms with Crippen molar-refractivity contribution in [2.24, 2.45) is 5.73 Å². The minimum Gasteiger partial charge on any atom is -0.349 e. The summed E-state index contributed by atoms with van der Waals surface area (Å²) in [6.45, 7) is 2.08. The molecule has 1 fully saturated rings. The SMILES string of the molecule is CC1(N)CCC(NC(=O)c2cc(-c3ccc(Cl)cc3)ns2)CC1. The molecule has 23 heavy (non-hydrogen) atoms. The molecule has 1 aliphatic rings. The second kappa shape index (κ2) is 6.59. The smallest absolute Gasteiger partial charge is 0.263 e. The maximum Gasteiger partial charge on any atom is 0.263 e. The van der Waals surface area contributed by atoms with Crippen LogP contribution in [-0.4, -0.2) is 21.9 Å². The summed E-state index contributed by atoms with van der Waals surface area (Å²) in [7, 11) is 0. The average Bonchev–Trinajstić information content (AvgIpc) is 3.00. The summed E-state index contributed by atoms with van der Waals surface area (Å²) < 4.78 is 4.37. The lowest BCUT2D eigenvalue weighted by Gasteiger charge is -2.34. The Bertz CT molecular complexity index is 686. The van der Waals surface area contributed by atoms with Gasteiger partial charge in [-0.2, -0.15) is 4.37 Å². The van der Waals surface area contributed by atoms with Gasteiger partial charge in [0.05, 0.1) is 5.69 Å². The lowest BCUT2D eigenvalue weighted by molar-refractivity contribution is 0.0923. The average molecular weight is 350 g/mol. The van der Waals surface area contributed by atoms with Gasteiger partial charge in [-0.15, -0.1) is 0 Å². The molecule has 2 aromatic rings. The van der Waals surface area contributed by atoms with Gasteiger partial charge < -0.3 is 11.1 Å². The minimum atomic E-state index is -0.0898. The molecule has 0 atom stereocenters. The molecule has 3 N–H and O–H groups in total. The molecule has 0 spiro atoms. The first-order chi connectivity index (χ1) is 10.9. The van der Waals surface area contributed by atoms with E-state index in [4.69, 9.17) is 17.3 Å². The predicted molar refractivity (Wildman–Crippen MR) is 94.9 cm³/mol. The third-order valence-electron chi connectivity index (χ3n) is 4.34. The van der Waals surface area contributed by atoms with Crippen molar-refractivity contribution in [3.63, 3.8) is 0 Å². The number of amides is 1. The predicted octanol–water partition coefficient (Wildman–Crippen LogP) is 3.85. The summed E-state index contributed by atoms with van der Waals surface area (Å²) in [6.07, 6.45) is 3.75. The van der Waals surface area contributed by atoms with E-state index in [-0.39, 0.29) is 17.5 Å². The van der Waals surface area contributed by atoms with Crippen LogP contribution in [0.3, 0.4) is 0 Å². The summed E-state index contributed by atoms with van der Waals surface area (Å²) in [6, 6.07) is 9.49. The fourth-order valence-electron chi connectivity index (χ4n) is 2.82. The molecule has 0 radical (unpaired) electrons. The summed E-state index contributed by atoms with van der Waals surface area (Å²) in [5, 5.41) is 3.79. The van der Waals surface area contributed by atoms with Crippen molar-refractivity contribution < 1.29 is 4.79 Å². The molecule has 0 bridgehead atoms. The second-order valence-electron chi connectivity index (χ2n) is 6.49. The highest BCUT2D eigenvalue weighted by Crippen LogP contribution is 2.27. The van der Waals surface area contributed by atoms with E-state index in [9.17, 15) is 4.79 Å². The molecule has 1 heterocycles. The molecule has 0 saturated heterocycles. The zero-order valence-corrected chi connectivity index (χ0v) is 14.6. The molecule has 122 valence electrons. The highest BCUT2D eigenvalue weighted by Gasteiger charge is 2.28. The number of benzene rings is 1. The Morgan fingerprint density at radius 3 is 2.65 bits per heavy atom. The topological polar surface area (TPSA) is 68.0 Å². The molecule has 4 nitrogen and oxygen atoms in total. The third-order valence-corrected chi connectivity index (χ3v) is 5.38. The van der Waals surface area contributed by atoms with Gasteiger partial charge in [0.25, 0.3) is 5.91 Å². The van der Waals surface area contributed by atoms with Gasteiger partial charge in [0, 0.05) is 22.2 Å². The van der Waals surface area contributed by atoms with Gasteiger partial charge in [-0.3, -0.25) is 4.79 Å². The number of carbonyl (C=O) groups excluding carboxylic acids is 1. The van der Waals surface area contributed by atoms with Crippen LogP contribution in [0.5, 0.6) is 0 Å². The van der Waals surface area contributed by atoms with Crippen LogP contribution in [0.1, 0.15) is 42.3 Å². The summed E-state index contributed by atoms with van der Waals surface area (Å²) in [4.78, 5) is 13.0. The molecular formula is C17H20ClN3OS. The van der Waals surface area contributed by atoms with Gasteiger partial charge in [-0.25, -0.2) is 0 Å². The van der Waals surface area contributed by atoms with Crippen LogP contribution in [0, 0.1) is 0 Å². The van der Waals surface area contributed by atoms with E-state index in [2.05, 4.69) is 16.6 Å². The molecule has 0 aliphatic heterocycles. The first-order valence-electron chi connectivity index (χ1n) is 7.75. The van der Waals surface area contributed by atoms with Gasteiger partial charge in [-0.05, 0) is 62.3 Å². The van der Waals surface area contributed by atoms with Crippen LogP contribution in [-0.2, 0) is 0 Å². The summed E-state index contributed by atoms with van der Waals surface area (Å²) in [5.41, 5.74) is 7.80. The van der Waals surface area contributed by atoms with E-state index >= 15 is 0 Å². The lowest BCUT2D eigenvalue weighted by atomic mass is 9.82. The van der Waals surface area contributed by atoms with Crippen LogP contribution >= 0.6 is 23.1 Å². The van der Waals surface area contributed by atoms with E-state index < -0.39 is 0 Å². The quantitative estimate of drug-likeness (QED) is 0.884. The van der Waals surface area contributed by atoms with Crippen LogP contribution in [0.2, 0.25) is 5.02 Å². The van der Waals surface area contributed by atoms with Gasteiger partial charge in [0.1, 0.15) is 4.88 Å². The third kappa shape index (κ3) is 4.10. The Morgan fingerprint density at radius 1 is 1.35 bits per heavy atom. The van der Waals surface area contributed by atoms with Crippen LogP contribution in [0.15, 0.2) is 30.3 Å². The maximum absolute atomic E-state index is 12.4. The van der Waals surface area contributed by atoms with Crippen LogP contribution in [0.25, 0.3) is 11.3 Å². The van der Waals surface area contributed by atoms with E-state index in [1.807, 2.05) is 30.3 Å². The van der Waals surface area contributed by atoms with E-state index in [1.54, 1.807) is 0 Å². The number of hydrogen-bond acceptors (Lipinski definition) is 4. The van der Waals surface area contributed by atoms with Crippen LogP contribution in [0.4, 0.5) is 0 Å². The monoisotopic (exact) mass is 349 g/mol. The highest BCUT2D eigenvalue weighted by atomic mass is 35.5. The molecule has 6 heteroatoms. The molecule has 1 amide bonds. The van der Waals surface area contributed by atoms with Crippen LogP contribution < -0.4 is 11.1 Å². The molecule has 1 aromatic carbocycles. The standard InChI is InChI=1S/C17H20ClN3OS/c1-17(19)8-6-13(7-9-17)20-16(22)15-10-14(21-23-15)11-2-4-12(18)5-3-11/h2-5,10,13H,6-9,19H2,1H3,(H,20,22). The van der Waals surface area contributed by atoms with Gasteiger partial charge in [0.2, 0.25) is 0 Å². The van der Waals surface area contributed by atoms with E-state index in [0.29, 0.717) is 9.90 Å². The molecule has 3 rings (SSSR count). The Balaban J connectivity index is 1.64. The van der Waals surface area contributed by atoms with Crippen molar-refractivity contribution in [1.82, 2.24) is 9.69 Å². The maximum atomic E-state index is 12.4. The molecule has 0 unspecified atom stereocenters. The highest BCUT2D eigenvalue weighted by molar-refractivity contribution is 7.08. The Morgan fingerprint density at radius 2 is 2.00 bits per heavy atom. The fourth-order valence-corrected chi connectivity index (χ4v) is 3.60. The first kappa shape index (κ1) is 16.4. The van der Waals surface area contributed by atoms with Gasteiger partial charge in [0.15, 0.2) is 0 Å². The van der Waals surface area contributed by atoms with Gasteiger partial charge in [-0.1, -0.05) is 23.7 Å². The number of nitrogens with one attached hydrogen (secondary N) is 1. The number of nitrogens with zero attached hydrogens (tertiary/aromatic N) is 1. The largest absolute Gasteiger partial charge is 0.349 e. The lowest BCUT2D eigenvalue weighted by Crippen LogP contribution is -2.46. The van der Waals surface area contributed by atoms with Crippen molar-refractivity contribution in [3.8, 4) is 11.3 Å². The van der Waals surface area contributed by atoms with Crippen molar-refractivity contribution in [1.29, 1.82) is 0 Å². The summed E-state index contributed by atoms with van der Waals surface area (Å²) >= 11 is 7.12. The normalized spacial score (nSPS) is 24.4. The van der Waals surface area contributed by atoms with Crippen molar-refractivity contribution >= 4 is 29.0 Å². The molecule has 1 saturated carbocycles. The number of aromatic nitrogens is 1. The number of halogens is 1. The van der Waals surface area contributed by atoms with Gasteiger partial charge >= 0.3 is 0 Å². The Labute approximate surface area is 145 Å². The summed E-state index contributed by atoms with van der Waals surface area (Å²) in [5.74, 6) is -0.0478. The molecule has 1 aliphatic carbocycles. The van der Waals surface area contributed by atoms with Crippen molar-refractivity contribution in [3.05, 3.63) is 40.2 Å². The van der Waals surface area contributed by atoms with Crippen molar-refractivity contribution in [2.45, 2.75) is 44.2 Å². The zero-order valence-electron chi connectivity index (χ0n) is 13.0. The Kier molecular flexibility index (Phi) is 4.71. The van der Waals surface area contributed by atoms with E-state index in [0.717, 1.165) is 36.9 Å². The molecular weight excluding hydrogens is 330 g/mol. The number of carbonyl (C=O) groups is 1. The first-order valence-corrected chi connectivity index (χ1v) is 8.90. The second-order valence-corrected chi connectivity index (χ2v) is 7.73. The molecule has 1 aromatic heterocycles.